The van der Waals surface area contributed by atoms with Crippen LogP contribution in [-0.4, -0.2) is 17.4 Å². The van der Waals surface area contributed by atoms with E-state index in [1.807, 2.05) is 6.92 Å². The second-order valence-corrected chi connectivity index (χ2v) is 5.48. The first-order valence-corrected chi connectivity index (χ1v) is 7.37. The zero-order valence-corrected chi connectivity index (χ0v) is 12.8. The van der Waals surface area contributed by atoms with Gasteiger partial charge in [-0.2, -0.15) is 0 Å². The molecular formula is C14H14F3N3OS. The van der Waals surface area contributed by atoms with Crippen LogP contribution in [0.2, 0.25) is 0 Å². The van der Waals surface area contributed by atoms with Crippen molar-refractivity contribution in [3.05, 3.63) is 45.7 Å². The number of aromatic nitrogens is 1. The molecule has 4 nitrogen and oxygen atoms in total. The number of nitrogens with zero attached hydrogens (tertiary/aromatic N) is 1. The largest absolute Gasteiger partial charge is 0.362 e. The number of benzene rings is 1. The van der Waals surface area contributed by atoms with Crippen LogP contribution in [0.25, 0.3) is 0 Å². The van der Waals surface area contributed by atoms with E-state index in [1.54, 1.807) is 6.92 Å². The van der Waals surface area contributed by atoms with Crippen molar-refractivity contribution in [3.8, 4) is 0 Å². The monoisotopic (exact) mass is 329 g/mol. The van der Waals surface area contributed by atoms with Crippen molar-refractivity contribution in [2.24, 2.45) is 0 Å². The van der Waals surface area contributed by atoms with E-state index in [-0.39, 0.29) is 12.1 Å². The smallest absolute Gasteiger partial charge is 0.263 e. The van der Waals surface area contributed by atoms with Gasteiger partial charge in [0.15, 0.2) is 22.6 Å². The summed E-state index contributed by atoms with van der Waals surface area (Å²) in [5.41, 5.74) is 0.422. The molecule has 0 aliphatic heterocycles. The van der Waals surface area contributed by atoms with E-state index in [9.17, 15) is 18.0 Å². The number of nitrogens with one attached hydrogen (secondary N) is 2. The Morgan fingerprint density at radius 1 is 1.27 bits per heavy atom. The number of hydrogen-bond donors (Lipinski definition) is 2. The molecule has 2 N–H and O–H groups in total. The Hall–Kier alpha value is -2.09. The Bertz CT molecular complexity index is 703. The minimum Gasteiger partial charge on any atom is -0.362 e. The lowest BCUT2D eigenvalue weighted by Crippen LogP contribution is -2.23. The molecule has 0 unspecified atom stereocenters. The van der Waals surface area contributed by atoms with Crippen LogP contribution in [0.4, 0.5) is 18.3 Å². The zero-order chi connectivity index (χ0) is 16.3. The van der Waals surface area contributed by atoms with E-state index in [0.717, 1.165) is 12.1 Å². The number of amides is 1. The highest BCUT2D eigenvalue weighted by atomic mass is 32.1. The number of anilines is 1. The van der Waals surface area contributed by atoms with Gasteiger partial charge in [0.1, 0.15) is 4.88 Å². The van der Waals surface area contributed by atoms with Gasteiger partial charge >= 0.3 is 0 Å². The fourth-order valence-corrected chi connectivity index (χ4v) is 2.74. The van der Waals surface area contributed by atoms with Crippen molar-refractivity contribution in [3.63, 3.8) is 0 Å². The second-order valence-electron chi connectivity index (χ2n) is 4.48. The van der Waals surface area contributed by atoms with Gasteiger partial charge in [0, 0.05) is 18.7 Å². The van der Waals surface area contributed by atoms with Gasteiger partial charge < -0.3 is 10.6 Å². The molecule has 0 atom stereocenters. The molecule has 0 bridgehead atoms. The van der Waals surface area contributed by atoms with Crippen molar-refractivity contribution in [2.75, 3.05) is 11.9 Å². The second kappa shape index (κ2) is 6.78. The molecule has 0 aliphatic carbocycles. The molecule has 0 spiro atoms. The molecule has 1 heterocycles. The van der Waals surface area contributed by atoms with Crippen molar-refractivity contribution in [1.29, 1.82) is 0 Å². The highest BCUT2D eigenvalue weighted by Gasteiger charge is 2.17. The average molecular weight is 329 g/mol. The van der Waals surface area contributed by atoms with Crippen molar-refractivity contribution in [1.82, 2.24) is 10.3 Å². The van der Waals surface area contributed by atoms with Crippen molar-refractivity contribution >= 4 is 22.4 Å². The van der Waals surface area contributed by atoms with Gasteiger partial charge in [0.2, 0.25) is 0 Å². The van der Waals surface area contributed by atoms with Crippen LogP contribution in [0.5, 0.6) is 0 Å². The van der Waals surface area contributed by atoms with Gasteiger partial charge in [-0.25, -0.2) is 18.2 Å². The molecule has 0 radical (unpaired) electrons. The standard InChI is InChI=1S/C14H14F3N3OS/c1-3-18-14-20-7(2)12(22-14)13(21)19-6-8-4-5-9(15)11(17)10(8)16/h4-5H,3,6H2,1-2H3,(H,18,20)(H,19,21). The molecule has 0 aliphatic rings. The van der Waals surface area contributed by atoms with Crippen LogP contribution in [0, 0.1) is 24.4 Å². The van der Waals surface area contributed by atoms with E-state index in [2.05, 4.69) is 15.6 Å². The number of rotatable bonds is 5. The minimum atomic E-state index is -1.55. The summed E-state index contributed by atoms with van der Waals surface area (Å²) in [7, 11) is 0. The Kier molecular flexibility index (Phi) is 5.02. The minimum absolute atomic E-state index is 0.124. The Balaban J connectivity index is 2.09. The SMILES string of the molecule is CCNc1nc(C)c(C(=O)NCc2ccc(F)c(F)c2F)s1. The third-order valence-corrected chi connectivity index (χ3v) is 4.00. The molecule has 8 heteroatoms. The molecule has 1 aromatic heterocycles. The van der Waals surface area contributed by atoms with Gasteiger partial charge in [0.05, 0.1) is 5.69 Å². The van der Waals surface area contributed by atoms with Gasteiger partial charge in [-0.3, -0.25) is 4.79 Å². The third-order valence-electron chi connectivity index (χ3n) is 2.89. The summed E-state index contributed by atoms with van der Waals surface area (Å²) < 4.78 is 39.5. The summed E-state index contributed by atoms with van der Waals surface area (Å²) in [6.07, 6.45) is 0. The molecule has 0 saturated heterocycles. The van der Waals surface area contributed by atoms with Crippen LogP contribution in [0.15, 0.2) is 12.1 Å². The van der Waals surface area contributed by atoms with Gasteiger partial charge in [-0.15, -0.1) is 0 Å². The van der Waals surface area contributed by atoms with Crippen LogP contribution in [0.1, 0.15) is 27.9 Å². The number of hydrogen-bond acceptors (Lipinski definition) is 4. The number of carbonyl (C=O) groups is 1. The lowest BCUT2D eigenvalue weighted by Gasteiger charge is -2.06. The summed E-state index contributed by atoms with van der Waals surface area (Å²) in [5, 5.41) is 6.08. The molecule has 2 aromatic rings. The van der Waals surface area contributed by atoms with Crippen molar-refractivity contribution < 1.29 is 18.0 Å². The first-order valence-electron chi connectivity index (χ1n) is 6.55. The average Bonchev–Trinajstić information content (AvgIpc) is 2.85. The summed E-state index contributed by atoms with van der Waals surface area (Å²) in [6.45, 7) is 4.02. The summed E-state index contributed by atoms with van der Waals surface area (Å²) in [5.74, 6) is -4.55. The fourth-order valence-electron chi connectivity index (χ4n) is 1.79. The number of halogens is 3. The zero-order valence-electron chi connectivity index (χ0n) is 12.0. The van der Waals surface area contributed by atoms with E-state index in [1.165, 1.54) is 11.3 Å². The van der Waals surface area contributed by atoms with Crippen LogP contribution in [-0.2, 0) is 6.54 Å². The highest BCUT2D eigenvalue weighted by molar-refractivity contribution is 7.17. The Morgan fingerprint density at radius 2 is 2.00 bits per heavy atom. The molecule has 1 aromatic carbocycles. The van der Waals surface area contributed by atoms with Crippen LogP contribution < -0.4 is 10.6 Å². The molecule has 0 saturated carbocycles. The van der Waals surface area contributed by atoms with Crippen LogP contribution >= 0.6 is 11.3 Å². The van der Waals surface area contributed by atoms with Gasteiger partial charge in [-0.1, -0.05) is 17.4 Å². The van der Waals surface area contributed by atoms with E-state index in [0.29, 0.717) is 22.2 Å². The summed E-state index contributed by atoms with van der Waals surface area (Å²) in [4.78, 5) is 16.6. The van der Waals surface area contributed by atoms with Crippen LogP contribution in [0.3, 0.4) is 0 Å². The van der Waals surface area contributed by atoms with Gasteiger partial charge in [0.25, 0.3) is 5.91 Å². The summed E-state index contributed by atoms with van der Waals surface area (Å²) >= 11 is 1.18. The lowest BCUT2D eigenvalue weighted by atomic mass is 10.2. The van der Waals surface area contributed by atoms with E-state index < -0.39 is 23.4 Å². The predicted molar refractivity (Wildman–Crippen MR) is 78.5 cm³/mol. The Labute approximate surface area is 129 Å². The normalized spacial score (nSPS) is 10.6. The maximum absolute atomic E-state index is 13.5. The van der Waals surface area contributed by atoms with E-state index >= 15 is 0 Å². The maximum atomic E-state index is 13.5. The number of carbonyl (C=O) groups excluding carboxylic acids is 1. The number of aryl methyl sites for hydroxylation is 1. The fraction of sp³-hybridized carbons (Fsp3) is 0.286. The first kappa shape index (κ1) is 16.3. The third kappa shape index (κ3) is 3.38. The predicted octanol–water partition coefficient (Wildman–Crippen LogP) is 3.23. The maximum Gasteiger partial charge on any atom is 0.263 e. The molecule has 2 rings (SSSR count). The lowest BCUT2D eigenvalue weighted by molar-refractivity contribution is 0.0953. The highest BCUT2D eigenvalue weighted by Crippen LogP contribution is 2.22. The summed E-state index contributed by atoms with van der Waals surface area (Å²) in [6, 6.07) is 1.92. The van der Waals surface area contributed by atoms with Gasteiger partial charge in [-0.05, 0) is 19.9 Å². The topological polar surface area (TPSA) is 54.0 Å². The molecule has 118 valence electrons. The Morgan fingerprint density at radius 3 is 2.68 bits per heavy atom. The molecule has 22 heavy (non-hydrogen) atoms. The van der Waals surface area contributed by atoms with E-state index in [4.69, 9.17) is 0 Å². The quantitative estimate of drug-likeness (QED) is 0.828. The number of thiazole rings is 1. The molecular weight excluding hydrogens is 315 g/mol. The molecule has 0 fully saturated rings. The molecule has 1 amide bonds. The first-order chi connectivity index (χ1) is 10.4. The van der Waals surface area contributed by atoms with Crippen molar-refractivity contribution in [2.45, 2.75) is 20.4 Å².